The predicted octanol–water partition coefficient (Wildman–Crippen LogP) is -5.09. The molecule has 0 aliphatic carbocycles. The normalized spacial score (nSPS) is 7.56. The van der Waals surface area contributed by atoms with Crippen LogP contribution < -0.4 is 20.4 Å². The predicted molar refractivity (Wildman–Crippen MR) is 41.2 cm³/mol. The molecule has 0 heterocycles. The number of aromatic carboxylic acids is 2. The van der Waals surface area contributed by atoms with Crippen LogP contribution in [0.2, 0.25) is 0 Å². The number of carboxylic acid groups (broad SMARTS) is 2. The summed E-state index contributed by atoms with van der Waals surface area (Å²) in [5, 5.41) is 42.3. The van der Waals surface area contributed by atoms with E-state index in [0.717, 1.165) is 0 Å². The molecule has 0 amide bonds. The van der Waals surface area contributed by atoms with Gasteiger partial charge in [0.15, 0.2) is 0 Å². The molecule has 0 aliphatic heterocycles. The average Bonchev–Trinajstić information content (AvgIpc) is 2.07. The maximum atomic E-state index is 10.9. The molecule has 18 heavy (non-hydrogen) atoms. The summed E-state index contributed by atoms with van der Waals surface area (Å²) in [7, 11) is 0. The largest absolute Gasteiger partial charge is 2.00 e. The van der Waals surface area contributed by atoms with Crippen LogP contribution in [0.3, 0.4) is 0 Å². The third-order valence-corrected chi connectivity index (χ3v) is 1.52. The smallest absolute Gasteiger partial charge is 0.872 e. The van der Waals surface area contributed by atoms with Gasteiger partial charge in [-0.05, 0) is 11.1 Å². The van der Waals surface area contributed by atoms with Gasteiger partial charge in [-0.15, -0.1) is 0 Å². The zero-order valence-corrected chi connectivity index (χ0v) is 10.7. The van der Waals surface area contributed by atoms with E-state index >= 15 is 0 Å². The molecular weight excluding hydrogens is 334 g/mol. The first-order chi connectivity index (χ1) is 6.43. The van der Waals surface area contributed by atoms with Crippen molar-refractivity contribution in [2.75, 3.05) is 0 Å². The summed E-state index contributed by atoms with van der Waals surface area (Å²) < 4.78 is 0. The SMILES string of the molecule is O.O.O=C([O-])c1cc([O-])c(C(=O)[O-])cc1[O-].[Mn+2].[Mn+2]. The van der Waals surface area contributed by atoms with Crippen LogP contribution in [-0.2, 0) is 34.1 Å². The van der Waals surface area contributed by atoms with Crippen LogP contribution in [0.15, 0.2) is 12.1 Å². The van der Waals surface area contributed by atoms with Crippen molar-refractivity contribution in [1.29, 1.82) is 0 Å². The van der Waals surface area contributed by atoms with E-state index in [9.17, 15) is 30.0 Å². The minimum atomic E-state index is -1.82. The van der Waals surface area contributed by atoms with Crippen molar-refractivity contribution in [1.82, 2.24) is 0 Å². The number of carbonyl (C=O) groups is 2. The van der Waals surface area contributed by atoms with E-state index in [4.69, 9.17) is 0 Å². The quantitative estimate of drug-likeness (QED) is 0.484. The zero-order chi connectivity index (χ0) is 10.9. The van der Waals surface area contributed by atoms with Gasteiger partial charge < -0.3 is 41.0 Å². The van der Waals surface area contributed by atoms with Crippen LogP contribution in [0.5, 0.6) is 11.5 Å². The van der Waals surface area contributed by atoms with Crippen molar-refractivity contribution in [3.8, 4) is 11.5 Å². The van der Waals surface area contributed by atoms with Crippen LogP contribution in [0.25, 0.3) is 0 Å². The van der Waals surface area contributed by atoms with Crippen molar-refractivity contribution in [3.63, 3.8) is 0 Å². The molecule has 0 aliphatic rings. The maximum Gasteiger partial charge on any atom is 2.00 e. The molecule has 100 valence electrons. The summed E-state index contributed by atoms with van der Waals surface area (Å²) in [6.45, 7) is 0. The standard InChI is InChI=1S/C8H6O6.2Mn.2H2O/c9-5-1-3(7(11)12)6(10)2-4(5)8(13)14;;;;/h1-2,9-10H,(H,11,12)(H,13,14);;;2*1H2/q;2*+2;;/p-4. The number of hydrogen-bond acceptors (Lipinski definition) is 6. The molecule has 0 saturated carbocycles. The van der Waals surface area contributed by atoms with Crippen molar-refractivity contribution in [3.05, 3.63) is 23.3 Å². The molecule has 0 aromatic heterocycles. The molecule has 1 aromatic carbocycles. The van der Waals surface area contributed by atoms with Gasteiger partial charge in [-0.25, -0.2) is 0 Å². The molecule has 0 spiro atoms. The van der Waals surface area contributed by atoms with Crippen molar-refractivity contribution >= 4 is 11.9 Å². The molecule has 1 aromatic rings. The molecule has 0 bridgehead atoms. The van der Waals surface area contributed by atoms with Gasteiger partial charge >= 0.3 is 34.1 Å². The Morgan fingerprint density at radius 2 is 1.00 bits per heavy atom. The van der Waals surface area contributed by atoms with Gasteiger partial charge in [0.1, 0.15) is 0 Å². The second-order valence-electron chi connectivity index (χ2n) is 2.42. The van der Waals surface area contributed by atoms with E-state index in [-0.39, 0.29) is 45.1 Å². The number of carboxylic acids is 2. The maximum absolute atomic E-state index is 10.9. The first-order valence-electron chi connectivity index (χ1n) is 3.38. The minimum Gasteiger partial charge on any atom is -0.872 e. The van der Waals surface area contributed by atoms with Crippen molar-refractivity contribution in [2.24, 2.45) is 0 Å². The van der Waals surface area contributed by atoms with Crippen molar-refractivity contribution < 1.29 is 75.1 Å². The Morgan fingerprint density at radius 1 is 0.778 bits per heavy atom. The fraction of sp³-hybridized carbons (Fsp3) is 0. The van der Waals surface area contributed by atoms with Crippen LogP contribution in [0.1, 0.15) is 20.7 Å². The van der Waals surface area contributed by atoms with Gasteiger partial charge in [-0.3, -0.25) is 0 Å². The molecule has 2 radical (unpaired) electrons. The Labute approximate surface area is 122 Å². The Morgan fingerprint density at radius 3 is 1.17 bits per heavy atom. The van der Waals surface area contributed by atoms with E-state index in [1.54, 1.807) is 0 Å². The molecule has 8 nitrogen and oxygen atoms in total. The molecule has 1 rings (SSSR count). The Hall–Kier alpha value is -1.28. The number of carbonyl (C=O) groups excluding carboxylic acids is 2. The molecule has 0 atom stereocenters. The number of hydrogen-bond donors (Lipinski definition) is 0. The minimum absolute atomic E-state index is 0. The Kier molecular flexibility index (Phi) is 13.8. The fourth-order valence-corrected chi connectivity index (χ4v) is 0.879. The summed E-state index contributed by atoms with van der Waals surface area (Å²) in [6.07, 6.45) is 0. The summed E-state index contributed by atoms with van der Waals surface area (Å²) >= 11 is 0. The molecule has 0 fully saturated rings. The van der Waals surface area contributed by atoms with E-state index in [2.05, 4.69) is 0 Å². The number of benzene rings is 1. The zero-order valence-electron chi connectivity index (χ0n) is 8.36. The number of rotatable bonds is 2. The topological polar surface area (TPSA) is 189 Å². The first kappa shape index (κ1) is 25.5. The van der Waals surface area contributed by atoms with Crippen LogP contribution in [-0.4, -0.2) is 22.9 Å². The Balaban J connectivity index is -0.000000245. The van der Waals surface area contributed by atoms with Gasteiger partial charge in [-0.1, -0.05) is 23.6 Å². The van der Waals surface area contributed by atoms with E-state index in [1.165, 1.54) is 0 Å². The average molecular weight is 340 g/mol. The second-order valence-corrected chi connectivity index (χ2v) is 2.42. The van der Waals surface area contributed by atoms with Crippen molar-refractivity contribution in [2.45, 2.75) is 0 Å². The first-order valence-corrected chi connectivity index (χ1v) is 3.38. The van der Waals surface area contributed by atoms with E-state index < -0.39 is 34.6 Å². The monoisotopic (exact) mass is 340 g/mol. The molecule has 0 saturated heterocycles. The van der Waals surface area contributed by atoms with Gasteiger partial charge in [0, 0.05) is 0 Å². The Bertz CT molecular complexity index is 380. The third-order valence-electron chi connectivity index (χ3n) is 1.52. The van der Waals surface area contributed by atoms with Crippen LogP contribution in [0, 0.1) is 0 Å². The summed E-state index contributed by atoms with van der Waals surface area (Å²) in [5.74, 6) is -5.83. The fourth-order valence-electron chi connectivity index (χ4n) is 0.879. The van der Waals surface area contributed by atoms with Gasteiger partial charge in [0.05, 0.1) is 11.9 Å². The second kappa shape index (κ2) is 9.72. The van der Waals surface area contributed by atoms with Crippen LogP contribution in [0.4, 0.5) is 0 Å². The molecular formula is C8H6Mn2O8. The molecule has 10 heteroatoms. The van der Waals surface area contributed by atoms with E-state index in [1.807, 2.05) is 0 Å². The summed E-state index contributed by atoms with van der Waals surface area (Å²) in [5.41, 5.74) is -1.72. The van der Waals surface area contributed by atoms with Gasteiger partial charge in [0.25, 0.3) is 0 Å². The van der Waals surface area contributed by atoms with Crippen LogP contribution >= 0.6 is 0 Å². The summed E-state index contributed by atoms with van der Waals surface area (Å²) in [6, 6.07) is 0.811. The van der Waals surface area contributed by atoms with Gasteiger partial charge in [-0.2, -0.15) is 0 Å². The van der Waals surface area contributed by atoms with E-state index in [0.29, 0.717) is 12.1 Å². The molecule has 0 unspecified atom stereocenters. The molecule has 4 N–H and O–H groups in total. The van der Waals surface area contributed by atoms with Gasteiger partial charge in [0.2, 0.25) is 0 Å². The summed E-state index contributed by atoms with van der Waals surface area (Å²) in [4.78, 5) is 20.5. The third kappa shape index (κ3) is 5.37.